The fourth-order valence-electron chi connectivity index (χ4n) is 1.39. The van der Waals surface area contributed by atoms with Crippen molar-refractivity contribution in [2.24, 2.45) is 0 Å². The number of methoxy groups -OCH3 is 1. The van der Waals surface area contributed by atoms with Crippen molar-refractivity contribution < 1.29 is 9.13 Å². The molecule has 1 aromatic carbocycles. The molecular weight excluding hydrogens is 187 g/mol. The lowest BCUT2D eigenvalue weighted by Gasteiger charge is -2.06. The van der Waals surface area contributed by atoms with E-state index in [2.05, 4.69) is 0 Å². The van der Waals surface area contributed by atoms with Gasteiger partial charge in [-0.05, 0) is 29.8 Å². The van der Waals surface area contributed by atoms with Gasteiger partial charge in [0.15, 0.2) is 0 Å². The standard InChI is InChI=1S/C10H9FOS/c1-6-8(11)5-7-3-4-13-10(7)9(6)12-2/h3-5H,1-2H3. The molecule has 68 valence electrons. The molecule has 0 saturated heterocycles. The Morgan fingerprint density at radius 1 is 1.46 bits per heavy atom. The number of fused-ring (bicyclic) bond motifs is 1. The van der Waals surface area contributed by atoms with Crippen molar-refractivity contribution in [3.63, 3.8) is 0 Å². The topological polar surface area (TPSA) is 9.23 Å². The minimum absolute atomic E-state index is 0.206. The van der Waals surface area contributed by atoms with Crippen LogP contribution in [0.4, 0.5) is 4.39 Å². The molecule has 3 heteroatoms. The lowest BCUT2D eigenvalue weighted by atomic mass is 10.1. The SMILES string of the molecule is COc1c(C)c(F)cc2ccsc12. The normalized spacial score (nSPS) is 10.7. The second-order valence-electron chi connectivity index (χ2n) is 2.86. The third kappa shape index (κ3) is 1.20. The Morgan fingerprint density at radius 2 is 2.23 bits per heavy atom. The minimum atomic E-state index is -0.206. The number of thiophene rings is 1. The zero-order valence-corrected chi connectivity index (χ0v) is 8.24. The molecule has 0 aliphatic rings. The summed E-state index contributed by atoms with van der Waals surface area (Å²) >= 11 is 1.57. The zero-order valence-electron chi connectivity index (χ0n) is 7.43. The van der Waals surface area contributed by atoms with E-state index in [4.69, 9.17) is 4.74 Å². The Bertz CT molecular complexity index is 447. The van der Waals surface area contributed by atoms with E-state index in [1.165, 1.54) is 0 Å². The second-order valence-corrected chi connectivity index (χ2v) is 3.77. The molecule has 0 unspecified atom stereocenters. The van der Waals surface area contributed by atoms with Gasteiger partial charge in [-0.2, -0.15) is 0 Å². The maximum atomic E-state index is 13.3. The number of rotatable bonds is 1. The highest BCUT2D eigenvalue weighted by atomic mass is 32.1. The number of hydrogen-bond donors (Lipinski definition) is 0. The summed E-state index contributed by atoms with van der Waals surface area (Å²) in [6.07, 6.45) is 0. The first-order chi connectivity index (χ1) is 6.24. The molecule has 0 fully saturated rings. The van der Waals surface area contributed by atoms with Gasteiger partial charge in [0.05, 0.1) is 11.8 Å². The Morgan fingerprint density at radius 3 is 2.92 bits per heavy atom. The van der Waals surface area contributed by atoms with Crippen LogP contribution in [0.2, 0.25) is 0 Å². The van der Waals surface area contributed by atoms with Crippen LogP contribution in [0.15, 0.2) is 17.5 Å². The number of hydrogen-bond acceptors (Lipinski definition) is 2. The molecule has 1 heterocycles. The largest absolute Gasteiger partial charge is 0.495 e. The monoisotopic (exact) mass is 196 g/mol. The van der Waals surface area contributed by atoms with Crippen LogP contribution in [-0.2, 0) is 0 Å². The Balaban J connectivity index is 2.87. The number of ether oxygens (including phenoxy) is 1. The Kier molecular flexibility index (Phi) is 1.96. The van der Waals surface area contributed by atoms with Crippen molar-refractivity contribution in [1.29, 1.82) is 0 Å². The Labute approximate surface area is 79.8 Å². The van der Waals surface area contributed by atoms with Crippen LogP contribution in [0, 0.1) is 12.7 Å². The zero-order chi connectivity index (χ0) is 9.42. The van der Waals surface area contributed by atoms with Gasteiger partial charge in [0.25, 0.3) is 0 Å². The van der Waals surface area contributed by atoms with Gasteiger partial charge < -0.3 is 4.74 Å². The van der Waals surface area contributed by atoms with Crippen molar-refractivity contribution >= 4 is 21.4 Å². The quantitative estimate of drug-likeness (QED) is 0.679. The molecular formula is C10H9FOS. The fraction of sp³-hybridized carbons (Fsp3) is 0.200. The molecule has 0 radical (unpaired) electrons. The van der Waals surface area contributed by atoms with Crippen molar-refractivity contribution in [2.75, 3.05) is 7.11 Å². The van der Waals surface area contributed by atoms with E-state index in [1.807, 2.05) is 11.4 Å². The average molecular weight is 196 g/mol. The van der Waals surface area contributed by atoms with Gasteiger partial charge in [-0.1, -0.05) is 0 Å². The maximum absolute atomic E-state index is 13.3. The van der Waals surface area contributed by atoms with Gasteiger partial charge in [-0.15, -0.1) is 11.3 Å². The summed E-state index contributed by atoms with van der Waals surface area (Å²) in [4.78, 5) is 0. The van der Waals surface area contributed by atoms with Gasteiger partial charge in [-0.3, -0.25) is 0 Å². The molecule has 0 atom stereocenters. The molecule has 2 rings (SSSR count). The number of halogens is 1. The van der Waals surface area contributed by atoms with Crippen LogP contribution >= 0.6 is 11.3 Å². The molecule has 0 spiro atoms. The number of benzene rings is 1. The van der Waals surface area contributed by atoms with Crippen LogP contribution in [-0.4, -0.2) is 7.11 Å². The molecule has 0 aliphatic heterocycles. The first kappa shape index (κ1) is 8.51. The molecule has 0 N–H and O–H groups in total. The van der Waals surface area contributed by atoms with Crippen molar-refractivity contribution in [1.82, 2.24) is 0 Å². The van der Waals surface area contributed by atoms with E-state index >= 15 is 0 Å². The third-order valence-corrected chi connectivity index (χ3v) is 3.02. The summed E-state index contributed by atoms with van der Waals surface area (Å²) in [5.74, 6) is 0.452. The summed E-state index contributed by atoms with van der Waals surface area (Å²) in [5.41, 5.74) is 0.581. The van der Waals surface area contributed by atoms with Crippen molar-refractivity contribution in [3.8, 4) is 5.75 Å². The van der Waals surface area contributed by atoms with E-state index in [0.717, 1.165) is 10.1 Å². The summed E-state index contributed by atoms with van der Waals surface area (Å²) in [7, 11) is 1.57. The lowest BCUT2D eigenvalue weighted by Crippen LogP contribution is -1.90. The maximum Gasteiger partial charge on any atom is 0.142 e. The smallest absolute Gasteiger partial charge is 0.142 e. The highest BCUT2D eigenvalue weighted by molar-refractivity contribution is 7.17. The van der Waals surface area contributed by atoms with Gasteiger partial charge in [0, 0.05) is 5.56 Å². The van der Waals surface area contributed by atoms with Gasteiger partial charge in [-0.25, -0.2) is 4.39 Å². The predicted molar refractivity (Wildman–Crippen MR) is 53.1 cm³/mol. The molecule has 0 bridgehead atoms. The van der Waals surface area contributed by atoms with Gasteiger partial charge in [0.1, 0.15) is 11.6 Å². The molecule has 0 saturated carbocycles. The highest BCUT2D eigenvalue weighted by Crippen LogP contribution is 2.34. The third-order valence-electron chi connectivity index (χ3n) is 2.09. The molecule has 1 aromatic heterocycles. The summed E-state index contributed by atoms with van der Waals surface area (Å²) in [6.45, 7) is 1.73. The van der Waals surface area contributed by atoms with E-state index in [-0.39, 0.29) is 5.82 Å². The molecule has 0 amide bonds. The highest BCUT2D eigenvalue weighted by Gasteiger charge is 2.10. The average Bonchev–Trinajstić information content (AvgIpc) is 2.54. The Hall–Kier alpha value is -1.09. The van der Waals surface area contributed by atoms with E-state index < -0.39 is 0 Å². The van der Waals surface area contributed by atoms with Gasteiger partial charge >= 0.3 is 0 Å². The first-order valence-electron chi connectivity index (χ1n) is 3.94. The van der Waals surface area contributed by atoms with E-state index in [0.29, 0.717) is 11.3 Å². The summed E-state index contributed by atoms with van der Waals surface area (Å²) in [5, 5.41) is 2.84. The van der Waals surface area contributed by atoms with E-state index in [9.17, 15) is 4.39 Å². The minimum Gasteiger partial charge on any atom is -0.495 e. The van der Waals surface area contributed by atoms with Gasteiger partial charge in [0.2, 0.25) is 0 Å². The molecule has 13 heavy (non-hydrogen) atoms. The molecule has 0 aliphatic carbocycles. The van der Waals surface area contributed by atoms with Crippen LogP contribution in [0.25, 0.3) is 10.1 Å². The molecule has 1 nitrogen and oxygen atoms in total. The summed E-state index contributed by atoms with van der Waals surface area (Å²) in [6, 6.07) is 3.44. The second kappa shape index (κ2) is 3.00. The van der Waals surface area contributed by atoms with Crippen molar-refractivity contribution in [3.05, 3.63) is 28.9 Å². The van der Waals surface area contributed by atoms with Crippen LogP contribution < -0.4 is 4.74 Å². The van der Waals surface area contributed by atoms with Crippen LogP contribution in [0.5, 0.6) is 5.75 Å². The fourth-order valence-corrected chi connectivity index (χ4v) is 2.34. The van der Waals surface area contributed by atoms with Crippen molar-refractivity contribution in [2.45, 2.75) is 6.92 Å². The predicted octanol–water partition coefficient (Wildman–Crippen LogP) is 3.36. The first-order valence-corrected chi connectivity index (χ1v) is 4.82. The molecule has 2 aromatic rings. The van der Waals surface area contributed by atoms with Crippen LogP contribution in [0.3, 0.4) is 0 Å². The van der Waals surface area contributed by atoms with E-state index in [1.54, 1.807) is 31.4 Å². The van der Waals surface area contributed by atoms with Crippen LogP contribution in [0.1, 0.15) is 5.56 Å². The summed E-state index contributed by atoms with van der Waals surface area (Å²) < 4.78 is 19.5. The lowest BCUT2D eigenvalue weighted by molar-refractivity contribution is 0.413.